The van der Waals surface area contributed by atoms with Crippen molar-refractivity contribution in [2.75, 3.05) is 20.3 Å². The Morgan fingerprint density at radius 3 is 2.51 bits per heavy atom. The van der Waals surface area contributed by atoms with Crippen LogP contribution in [0.15, 0.2) is 40.0 Å². The number of hydrogen-bond acceptors (Lipinski definition) is 9. The number of aliphatic hydroxyl groups excluding tert-OH is 1. The van der Waals surface area contributed by atoms with Gasteiger partial charge in [0.15, 0.2) is 22.5 Å². The van der Waals surface area contributed by atoms with Gasteiger partial charge in [-0.25, -0.2) is 23.4 Å². The number of benzene rings is 1. The molecule has 3 N–H and O–H groups in total. The van der Waals surface area contributed by atoms with Crippen LogP contribution in [0.4, 0.5) is 13.6 Å². The third-order valence-electron chi connectivity index (χ3n) is 7.24. The zero-order valence-electron chi connectivity index (χ0n) is 24.3. The molecule has 1 fully saturated rings. The molecular formula is C29H35ClF2N4O6S. The highest BCUT2D eigenvalue weighted by atomic mass is 35.5. The van der Waals surface area contributed by atoms with E-state index < -0.39 is 46.5 Å². The molecule has 2 aromatic rings. The molecule has 1 saturated carbocycles. The van der Waals surface area contributed by atoms with Gasteiger partial charge in [0.2, 0.25) is 0 Å². The Labute approximate surface area is 257 Å². The highest BCUT2D eigenvalue weighted by molar-refractivity contribution is 7.11. The van der Waals surface area contributed by atoms with E-state index in [9.17, 15) is 28.6 Å². The molecule has 1 aliphatic heterocycles. The molecule has 0 bridgehead atoms. The number of nitrogens with one attached hydrogen (secondary N) is 1. The van der Waals surface area contributed by atoms with Gasteiger partial charge in [-0.1, -0.05) is 17.7 Å². The van der Waals surface area contributed by atoms with E-state index in [0.29, 0.717) is 42.2 Å². The first-order chi connectivity index (χ1) is 20.3. The lowest BCUT2D eigenvalue weighted by Crippen LogP contribution is -2.49. The Balaban J connectivity index is 1.66. The van der Waals surface area contributed by atoms with Crippen LogP contribution in [-0.4, -0.2) is 76.0 Å². The number of aliphatic carboxylic acids is 1. The van der Waals surface area contributed by atoms with Crippen molar-refractivity contribution in [3.8, 4) is 0 Å². The molecule has 2 aliphatic rings. The largest absolute Gasteiger partial charge is 0.478 e. The number of carboxylic acid groups (broad SMARTS) is 1. The van der Waals surface area contributed by atoms with Gasteiger partial charge in [-0.2, -0.15) is 0 Å². The maximum Gasteiger partial charge on any atom is 0.410 e. The molecule has 0 saturated heterocycles. The molecule has 4 rings (SSSR count). The van der Waals surface area contributed by atoms with Crippen LogP contribution in [0.1, 0.15) is 63.1 Å². The molecule has 0 radical (unpaired) electrons. The van der Waals surface area contributed by atoms with Gasteiger partial charge in [-0.3, -0.25) is 4.99 Å². The van der Waals surface area contributed by atoms with Crippen LogP contribution >= 0.6 is 22.9 Å². The van der Waals surface area contributed by atoms with Gasteiger partial charge in [-0.15, -0.1) is 11.3 Å². The van der Waals surface area contributed by atoms with Gasteiger partial charge < -0.3 is 29.9 Å². The number of carbonyl (C=O) groups is 2. The third-order valence-corrected chi connectivity index (χ3v) is 8.40. The van der Waals surface area contributed by atoms with Crippen LogP contribution in [0.2, 0.25) is 5.02 Å². The van der Waals surface area contributed by atoms with E-state index in [1.165, 1.54) is 29.4 Å². The molecule has 43 heavy (non-hydrogen) atoms. The van der Waals surface area contributed by atoms with Crippen molar-refractivity contribution in [3.63, 3.8) is 0 Å². The zero-order valence-corrected chi connectivity index (χ0v) is 25.8. The summed E-state index contributed by atoms with van der Waals surface area (Å²) in [7, 11) is 1.46. The first-order valence-electron chi connectivity index (χ1n) is 13.8. The van der Waals surface area contributed by atoms with E-state index in [0.717, 1.165) is 6.07 Å². The highest BCUT2D eigenvalue weighted by Gasteiger charge is 2.39. The minimum absolute atomic E-state index is 0.0109. The van der Waals surface area contributed by atoms with Crippen LogP contribution in [0.5, 0.6) is 0 Å². The summed E-state index contributed by atoms with van der Waals surface area (Å²) >= 11 is 7.47. The van der Waals surface area contributed by atoms with E-state index in [2.05, 4.69) is 15.3 Å². The molecule has 234 valence electrons. The fourth-order valence-corrected chi connectivity index (χ4v) is 6.23. The van der Waals surface area contributed by atoms with Gasteiger partial charge in [-0.05, 0) is 58.4 Å². The molecule has 1 amide bonds. The summed E-state index contributed by atoms with van der Waals surface area (Å²) in [6.07, 6.45) is 2.03. The highest BCUT2D eigenvalue weighted by Crippen LogP contribution is 2.42. The smallest absolute Gasteiger partial charge is 0.410 e. The lowest BCUT2D eigenvalue weighted by molar-refractivity contribution is -0.133. The molecule has 1 unspecified atom stereocenters. The average molecular weight is 641 g/mol. The first kappa shape index (κ1) is 32.8. The molecular weight excluding hydrogens is 606 g/mol. The minimum atomic E-state index is -1.28. The predicted octanol–water partition coefficient (Wildman–Crippen LogP) is 5.31. The van der Waals surface area contributed by atoms with E-state index in [4.69, 9.17) is 21.1 Å². The number of ether oxygens (including phenoxy) is 2. The summed E-state index contributed by atoms with van der Waals surface area (Å²) < 4.78 is 39.1. The number of nitrogens with zero attached hydrogens (tertiary/aromatic N) is 3. The van der Waals surface area contributed by atoms with Gasteiger partial charge in [0.25, 0.3) is 0 Å². The van der Waals surface area contributed by atoms with Crippen molar-refractivity contribution in [1.82, 2.24) is 15.2 Å². The monoisotopic (exact) mass is 640 g/mol. The second-order valence-corrected chi connectivity index (χ2v) is 12.8. The van der Waals surface area contributed by atoms with Crippen molar-refractivity contribution < 1.29 is 38.1 Å². The topological polar surface area (TPSA) is 134 Å². The summed E-state index contributed by atoms with van der Waals surface area (Å²) in [5.41, 5.74) is -0.479. The number of carboxylic acids is 1. The van der Waals surface area contributed by atoms with Gasteiger partial charge in [0.1, 0.15) is 11.6 Å². The maximum absolute atomic E-state index is 14.5. The van der Waals surface area contributed by atoms with Crippen LogP contribution in [0.25, 0.3) is 0 Å². The number of amides is 1. The van der Waals surface area contributed by atoms with Crippen LogP contribution in [0.3, 0.4) is 0 Å². The van der Waals surface area contributed by atoms with E-state index in [1.54, 1.807) is 32.3 Å². The second kappa shape index (κ2) is 13.7. The molecule has 10 nitrogen and oxygen atoms in total. The van der Waals surface area contributed by atoms with Crippen LogP contribution in [0, 0.1) is 17.6 Å². The minimum Gasteiger partial charge on any atom is -0.478 e. The summed E-state index contributed by atoms with van der Waals surface area (Å²) in [4.78, 5) is 36.2. The number of rotatable bonds is 9. The van der Waals surface area contributed by atoms with E-state index in [1.807, 2.05) is 0 Å². The molecule has 1 aliphatic carbocycles. The SMILES string of the molecule is COC[C@H](O)CN(C(=O)OC(C)(C)C)C1CCC(C2=C(C(=O)O)C(c3ccc(F)c(F)c3Cl)N=C(c3nccs3)N2)CC1. The summed E-state index contributed by atoms with van der Waals surface area (Å²) in [5.74, 6) is -3.73. The Hall–Kier alpha value is -3.13. The molecule has 2 atom stereocenters. The second-order valence-electron chi connectivity index (χ2n) is 11.5. The Bertz CT molecular complexity index is 1390. The summed E-state index contributed by atoms with van der Waals surface area (Å²) in [6, 6.07) is 0.625. The predicted molar refractivity (Wildman–Crippen MR) is 157 cm³/mol. The number of hydrogen-bond donors (Lipinski definition) is 3. The number of aliphatic imine (C=N–C) groups is 1. The normalized spacial score (nSPS) is 21.6. The van der Waals surface area contributed by atoms with Crippen LogP contribution < -0.4 is 5.32 Å². The van der Waals surface area contributed by atoms with Gasteiger partial charge in [0.05, 0.1) is 29.9 Å². The number of amidine groups is 1. The van der Waals surface area contributed by atoms with Crippen LogP contribution in [-0.2, 0) is 14.3 Å². The quantitative estimate of drug-likeness (QED) is 0.314. The van der Waals surface area contributed by atoms with Gasteiger partial charge in [0, 0.05) is 36.0 Å². The number of allylic oxidation sites excluding steroid dienone is 1. The number of thiazole rings is 1. The molecule has 1 aromatic carbocycles. The standard InChI is InChI=1S/C29H35ClF2N4O6S/c1-29(2,3)42-28(40)36(13-17(37)14-41-4)16-7-5-15(6-8-16)23-20(27(38)39)24(18-9-10-19(31)22(32)21(18)30)35-25(34-23)26-33-11-12-43-26/h9-12,15-17,24,37H,5-8,13-14H2,1-4H3,(H,34,35)(H,38,39)/t15?,16?,17-,24?/m1/s1. The zero-order chi connectivity index (χ0) is 31.5. The fraction of sp³-hybridized carbons (Fsp3) is 0.517. The van der Waals surface area contributed by atoms with Crippen molar-refractivity contribution >= 4 is 40.8 Å². The van der Waals surface area contributed by atoms with Crippen molar-refractivity contribution in [2.45, 2.75) is 70.2 Å². The lowest BCUT2D eigenvalue weighted by atomic mass is 9.80. The van der Waals surface area contributed by atoms with Crippen molar-refractivity contribution in [2.24, 2.45) is 10.9 Å². The first-order valence-corrected chi connectivity index (χ1v) is 15.1. The fourth-order valence-electron chi connectivity index (χ4n) is 5.39. The van der Waals surface area contributed by atoms with Crippen molar-refractivity contribution in [3.05, 3.63) is 62.2 Å². The summed E-state index contributed by atoms with van der Waals surface area (Å²) in [5, 5.41) is 25.7. The van der Waals surface area contributed by atoms with E-state index >= 15 is 0 Å². The van der Waals surface area contributed by atoms with Crippen molar-refractivity contribution in [1.29, 1.82) is 0 Å². The number of aromatic nitrogens is 1. The van der Waals surface area contributed by atoms with Gasteiger partial charge >= 0.3 is 12.1 Å². The average Bonchev–Trinajstić information content (AvgIpc) is 3.49. The maximum atomic E-state index is 14.5. The Kier molecular flexibility index (Phi) is 10.4. The molecule has 14 heteroatoms. The molecule has 1 aromatic heterocycles. The molecule has 0 spiro atoms. The number of aliphatic hydroxyl groups is 1. The Morgan fingerprint density at radius 2 is 1.93 bits per heavy atom. The Morgan fingerprint density at radius 1 is 1.23 bits per heavy atom. The number of methoxy groups -OCH3 is 1. The summed E-state index contributed by atoms with van der Waals surface area (Å²) in [6.45, 7) is 5.34. The third kappa shape index (κ3) is 7.69. The molecule has 2 heterocycles. The number of halogens is 3. The van der Waals surface area contributed by atoms with E-state index in [-0.39, 0.29) is 36.2 Å². The number of carbonyl (C=O) groups excluding carboxylic acids is 1. The lowest BCUT2D eigenvalue weighted by Gasteiger charge is -2.40.